The summed E-state index contributed by atoms with van der Waals surface area (Å²) >= 11 is 0. The summed E-state index contributed by atoms with van der Waals surface area (Å²) in [7, 11) is 4.00. The van der Waals surface area contributed by atoms with Gasteiger partial charge in [-0.2, -0.15) is 5.10 Å². The van der Waals surface area contributed by atoms with E-state index in [4.69, 9.17) is 0 Å². The summed E-state index contributed by atoms with van der Waals surface area (Å²) in [6, 6.07) is 0. The molecule has 0 fully saturated rings. The Bertz CT molecular complexity index is 249. The first-order chi connectivity index (χ1) is 6.20. The summed E-state index contributed by atoms with van der Waals surface area (Å²) in [5, 5.41) is 7.61. The molecule has 74 valence electrons. The molecule has 1 heterocycles. The van der Waals surface area contributed by atoms with E-state index in [0.717, 1.165) is 18.7 Å². The van der Waals surface area contributed by atoms with Crippen LogP contribution in [-0.2, 0) is 20.0 Å². The number of aromatic nitrogens is 2. The first-order valence-electron chi connectivity index (χ1n) is 4.86. The molecule has 0 saturated carbocycles. The molecule has 0 amide bonds. The van der Waals surface area contributed by atoms with Crippen LogP contribution in [0.5, 0.6) is 0 Å². The van der Waals surface area contributed by atoms with Crippen molar-refractivity contribution in [3.8, 4) is 0 Å². The average molecular weight is 181 g/mol. The van der Waals surface area contributed by atoms with Crippen molar-refractivity contribution in [3.63, 3.8) is 0 Å². The van der Waals surface area contributed by atoms with Gasteiger partial charge in [0.15, 0.2) is 0 Å². The molecule has 0 aliphatic rings. The van der Waals surface area contributed by atoms with E-state index in [1.54, 1.807) is 0 Å². The maximum Gasteiger partial charge on any atom is 0.0641 e. The Hall–Kier alpha value is -0.830. The predicted octanol–water partition coefficient (Wildman–Crippen LogP) is 1.40. The molecule has 3 nitrogen and oxygen atoms in total. The average Bonchev–Trinajstić information content (AvgIpc) is 2.33. The third-order valence-electron chi connectivity index (χ3n) is 2.32. The van der Waals surface area contributed by atoms with Crippen molar-refractivity contribution in [2.24, 2.45) is 7.05 Å². The molecule has 0 aliphatic carbocycles. The molecule has 0 saturated heterocycles. The maximum absolute atomic E-state index is 4.42. The van der Waals surface area contributed by atoms with Crippen LogP contribution in [0.3, 0.4) is 0 Å². The highest BCUT2D eigenvalue weighted by molar-refractivity contribution is 5.25. The zero-order valence-electron chi connectivity index (χ0n) is 9.02. The summed E-state index contributed by atoms with van der Waals surface area (Å²) in [6.45, 7) is 5.20. The molecule has 1 N–H and O–H groups in total. The normalized spacial score (nSPS) is 10.8. The van der Waals surface area contributed by atoms with E-state index in [0.29, 0.717) is 0 Å². The predicted molar refractivity (Wildman–Crippen MR) is 54.7 cm³/mol. The molecule has 3 heteroatoms. The highest BCUT2D eigenvalue weighted by Gasteiger charge is 2.10. The summed E-state index contributed by atoms with van der Waals surface area (Å²) in [5.74, 6) is 0. The van der Waals surface area contributed by atoms with Gasteiger partial charge in [0, 0.05) is 24.8 Å². The SMILES string of the molecule is CCCc1c(CNC)c(C)nn1C. The minimum Gasteiger partial charge on any atom is -0.316 e. The molecule has 0 atom stereocenters. The molecule has 0 aromatic carbocycles. The van der Waals surface area contributed by atoms with Gasteiger partial charge in [0.25, 0.3) is 0 Å². The molecule has 1 rings (SSSR count). The minimum absolute atomic E-state index is 0.926. The van der Waals surface area contributed by atoms with Gasteiger partial charge in [-0.3, -0.25) is 4.68 Å². The lowest BCUT2D eigenvalue weighted by Crippen LogP contribution is -2.08. The molecule has 1 aromatic heterocycles. The first-order valence-corrected chi connectivity index (χ1v) is 4.86. The van der Waals surface area contributed by atoms with Crippen molar-refractivity contribution in [2.75, 3.05) is 7.05 Å². The Morgan fingerprint density at radius 3 is 2.69 bits per heavy atom. The minimum atomic E-state index is 0.926. The highest BCUT2D eigenvalue weighted by atomic mass is 15.3. The van der Waals surface area contributed by atoms with E-state index >= 15 is 0 Å². The molecular weight excluding hydrogens is 162 g/mol. The molecule has 0 radical (unpaired) electrons. The quantitative estimate of drug-likeness (QED) is 0.761. The van der Waals surface area contributed by atoms with Crippen LogP contribution in [0.4, 0.5) is 0 Å². The Labute approximate surface area is 80.1 Å². The monoisotopic (exact) mass is 181 g/mol. The number of nitrogens with one attached hydrogen (secondary N) is 1. The third-order valence-corrected chi connectivity index (χ3v) is 2.32. The van der Waals surface area contributed by atoms with Gasteiger partial charge >= 0.3 is 0 Å². The lowest BCUT2D eigenvalue weighted by molar-refractivity contribution is 0.685. The fraction of sp³-hybridized carbons (Fsp3) is 0.700. The fourth-order valence-electron chi connectivity index (χ4n) is 1.71. The van der Waals surface area contributed by atoms with Gasteiger partial charge in [0.05, 0.1) is 5.69 Å². The third kappa shape index (κ3) is 2.10. The second-order valence-corrected chi connectivity index (χ2v) is 3.41. The number of nitrogens with zero attached hydrogens (tertiary/aromatic N) is 2. The number of rotatable bonds is 4. The largest absolute Gasteiger partial charge is 0.316 e. The van der Waals surface area contributed by atoms with Crippen LogP contribution in [0.1, 0.15) is 30.3 Å². The number of aryl methyl sites for hydroxylation is 2. The van der Waals surface area contributed by atoms with Crippen molar-refractivity contribution in [1.82, 2.24) is 15.1 Å². The van der Waals surface area contributed by atoms with E-state index < -0.39 is 0 Å². The topological polar surface area (TPSA) is 29.9 Å². The highest BCUT2D eigenvalue weighted by Crippen LogP contribution is 2.14. The van der Waals surface area contributed by atoms with Crippen LogP contribution in [0, 0.1) is 6.92 Å². The van der Waals surface area contributed by atoms with Gasteiger partial charge in [-0.25, -0.2) is 0 Å². The second kappa shape index (κ2) is 4.42. The summed E-state index contributed by atoms with van der Waals surface area (Å²) in [4.78, 5) is 0. The van der Waals surface area contributed by atoms with Crippen LogP contribution in [-0.4, -0.2) is 16.8 Å². The smallest absolute Gasteiger partial charge is 0.0641 e. The van der Waals surface area contributed by atoms with Crippen LogP contribution < -0.4 is 5.32 Å². The van der Waals surface area contributed by atoms with Crippen molar-refractivity contribution in [3.05, 3.63) is 17.0 Å². The Kier molecular flexibility index (Phi) is 3.48. The van der Waals surface area contributed by atoms with Gasteiger partial charge in [-0.15, -0.1) is 0 Å². The van der Waals surface area contributed by atoms with Crippen LogP contribution in [0.15, 0.2) is 0 Å². The van der Waals surface area contributed by atoms with Crippen molar-refractivity contribution < 1.29 is 0 Å². The molecule has 1 aromatic rings. The van der Waals surface area contributed by atoms with Crippen molar-refractivity contribution in [2.45, 2.75) is 33.2 Å². The standard InChI is InChI=1S/C10H19N3/c1-5-6-10-9(7-11-3)8(2)12-13(10)4/h11H,5-7H2,1-4H3. The fourth-order valence-corrected chi connectivity index (χ4v) is 1.71. The van der Waals surface area contributed by atoms with E-state index in [-0.39, 0.29) is 0 Å². The zero-order valence-corrected chi connectivity index (χ0v) is 9.02. The Morgan fingerprint density at radius 1 is 1.46 bits per heavy atom. The zero-order chi connectivity index (χ0) is 9.84. The van der Waals surface area contributed by atoms with Gasteiger partial charge in [0.1, 0.15) is 0 Å². The van der Waals surface area contributed by atoms with Gasteiger partial charge in [0.2, 0.25) is 0 Å². The maximum atomic E-state index is 4.42. The first kappa shape index (κ1) is 10.3. The second-order valence-electron chi connectivity index (χ2n) is 3.41. The number of hydrogen-bond acceptors (Lipinski definition) is 2. The van der Waals surface area contributed by atoms with Gasteiger partial charge in [-0.1, -0.05) is 13.3 Å². The Morgan fingerprint density at radius 2 is 2.15 bits per heavy atom. The van der Waals surface area contributed by atoms with Crippen LogP contribution in [0.25, 0.3) is 0 Å². The summed E-state index contributed by atoms with van der Waals surface area (Å²) < 4.78 is 2.01. The van der Waals surface area contributed by atoms with E-state index in [1.165, 1.54) is 17.7 Å². The Balaban J connectivity index is 2.98. The molecular formula is C10H19N3. The molecule has 13 heavy (non-hydrogen) atoms. The van der Waals surface area contributed by atoms with Crippen molar-refractivity contribution >= 4 is 0 Å². The molecule has 0 aliphatic heterocycles. The lowest BCUT2D eigenvalue weighted by Gasteiger charge is -2.04. The van der Waals surface area contributed by atoms with Crippen LogP contribution >= 0.6 is 0 Å². The van der Waals surface area contributed by atoms with E-state index in [1.807, 2.05) is 18.8 Å². The molecule has 0 spiro atoms. The van der Waals surface area contributed by atoms with Crippen molar-refractivity contribution in [1.29, 1.82) is 0 Å². The number of hydrogen-bond donors (Lipinski definition) is 1. The van der Waals surface area contributed by atoms with Gasteiger partial charge in [-0.05, 0) is 20.4 Å². The molecule has 0 bridgehead atoms. The summed E-state index contributed by atoms with van der Waals surface area (Å²) in [6.07, 6.45) is 2.30. The molecule has 0 unspecified atom stereocenters. The lowest BCUT2D eigenvalue weighted by atomic mass is 10.1. The van der Waals surface area contributed by atoms with Crippen LogP contribution in [0.2, 0.25) is 0 Å². The van der Waals surface area contributed by atoms with Gasteiger partial charge < -0.3 is 5.32 Å². The summed E-state index contributed by atoms with van der Waals surface area (Å²) in [5.41, 5.74) is 3.89. The van der Waals surface area contributed by atoms with E-state index in [9.17, 15) is 0 Å². The van der Waals surface area contributed by atoms with E-state index in [2.05, 4.69) is 24.3 Å².